The summed E-state index contributed by atoms with van der Waals surface area (Å²) >= 11 is 0. The minimum Gasteiger partial charge on any atom is -0.377 e. The largest absolute Gasteiger partial charge is 0.377 e. The summed E-state index contributed by atoms with van der Waals surface area (Å²) in [6.07, 6.45) is 0.346. The lowest BCUT2D eigenvalue weighted by atomic mass is 10.2. The van der Waals surface area contributed by atoms with E-state index >= 15 is 0 Å². The van der Waals surface area contributed by atoms with Crippen LogP contribution in [0.2, 0.25) is 0 Å². The highest BCUT2D eigenvalue weighted by Crippen LogP contribution is 1.92. The Bertz CT molecular complexity index is 100. The molecule has 3 nitrogen and oxygen atoms in total. The topological polar surface area (TPSA) is 33.3 Å². The highest BCUT2D eigenvalue weighted by Gasteiger charge is 2.11. The van der Waals surface area contributed by atoms with Crippen molar-refractivity contribution in [3.05, 3.63) is 0 Å². The predicted octanol–water partition coefficient (Wildman–Crippen LogP) is -0.0272. The van der Waals surface area contributed by atoms with Crippen LogP contribution in [0.1, 0.15) is 13.8 Å². The van der Waals surface area contributed by atoms with Gasteiger partial charge in [-0.05, 0) is 13.8 Å². The third-order valence-electron chi connectivity index (χ3n) is 1.76. The molecule has 66 valence electrons. The summed E-state index contributed by atoms with van der Waals surface area (Å²) in [6.45, 7) is 8.13. The van der Waals surface area contributed by atoms with Crippen molar-refractivity contribution in [3.63, 3.8) is 0 Å². The Kier molecular flexibility index (Phi) is 3.83. The fourth-order valence-corrected chi connectivity index (χ4v) is 1.14. The number of hydrogen-bond acceptors (Lipinski definition) is 3. The van der Waals surface area contributed by atoms with Crippen LogP contribution in [0, 0.1) is 0 Å². The molecule has 0 aromatic rings. The van der Waals surface area contributed by atoms with Crippen LogP contribution in [0.15, 0.2) is 0 Å². The van der Waals surface area contributed by atoms with Gasteiger partial charge in [0.15, 0.2) is 0 Å². The van der Waals surface area contributed by atoms with E-state index in [1.54, 1.807) is 0 Å². The molecule has 1 fully saturated rings. The van der Waals surface area contributed by atoms with E-state index in [1.807, 2.05) is 0 Å². The molecule has 1 aliphatic heterocycles. The van der Waals surface area contributed by atoms with Gasteiger partial charge in [-0.3, -0.25) is 0 Å². The molecule has 3 heteroatoms. The van der Waals surface area contributed by atoms with Crippen LogP contribution in [0.25, 0.3) is 0 Å². The minimum absolute atomic E-state index is 0.346. The van der Waals surface area contributed by atoms with Crippen molar-refractivity contribution in [1.82, 2.24) is 10.6 Å². The zero-order valence-electron chi connectivity index (χ0n) is 7.39. The SMILES string of the molecule is CC(C)OCC1CNCCN1. The summed E-state index contributed by atoms with van der Waals surface area (Å²) in [5, 5.41) is 6.70. The third-order valence-corrected chi connectivity index (χ3v) is 1.76. The van der Waals surface area contributed by atoms with E-state index in [4.69, 9.17) is 4.74 Å². The van der Waals surface area contributed by atoms with Crippen molar-refractivity contribution < 1.29 is 4.74 Å². The molecule has 0 spiro atoms. The Morgan fingerprint density at radius 1 is 1.45 bits per heavy atom. The van der Waals surface area contributed by atoms with Crippen molar-refractivity contribution >= 4 is 0 Å². The van der Waals surface area contributed by atoms with Crippen LogP contribution in [0.4, 0.5) is 0 Å². The van der Waals surface area contributed by atoms with Gasteiger partial charge in [0, 0.05) is 25.7 Å². The first-order chi connectivity index (χ1) is 5.29. The number of rotatable bonds is 3. The normalized spacial score (nSPS) is 25.9. The first-order valence-electron chi connectivity index (χ1n) is 4.34. The zero-order chi connectivity index (χ0) is 8.10. The molecule has 0 aromatic carbocycles. The van der Waals surface area contributed by atoms with Crippen molar-refractivity contribution in [2.24, 2.45) is 0 Å². The molecule has 1 saturated heterocycles. The summed E-state index contributed by atoms with van der Waals surface area (Å²) in [5.41, 5.74) is 0. The Morgan fingerprint density at radius 2 is 2.27 bits per heavy atom. The Balaban J connectivity index is 2.05. The van der Waals surface area contributed by atoms with Crippen LogP contribution in [-0.4, -0.2) is 38.4 Å². The fourth-order valence-electron chi connectivity index (χ4n) is 1.14. The van der Waals surface area contributed by atoms with Gasteiger partial charge in [0.2, 0.25) is 0 Å². The maximum absolute atomic E-state index is 5.48. The molecule has 1 heterocycles. The molecule has 0 saturated carbocycles. The highest BCUT2D eigenvalue weighted by molar-refractivity contribution is 4.74. The van der Waals surface area contributed by atoms with Crippen LogP contribution in [0.5, 0.6) is 0 Å². The van der Waals surface area contributed by atoms with Crippen LogP contribution in [-0.2, 0) is 4.74 Å². The van der Waals surface area contributed by atoms with E-state index < -0.39 is 0 Å². The van der Waals surface area contributed by atoms with Crippen molar-refractivity contribution in [2.45, 2.75) is 26.0 Å². The molecule has 0 amide bonds. The predicted molar refractivity (Wildman–Crippen MR) is 45.7 cm³/mol. The summed E-state index contributed by atoms with van der Waals surface area (Å²) in [7, 11) is 0. The Morgan fingerprint density at radius 3 is 2.82 bits per heavy atom. The molecule has 0 aliphatic carbocycles. The molecule has 11 heavy (non-hydrogen) atoms. The van der Waals surface area contributed by atoms with Gasteiger partial charge >= 0.3 is 0 Å². The second-order valence-corrected chi connectivity index (χ2v) is 3.24. The van der Waals surface area contributed by atoms with Gasteiger partial charge in [0.25, 0.3) is 0 Å². The van der Waals surface area contributed by atoms with Crippen LogP contribution < -0.4 is 10.6 Å². The average molecular weight is 158 g/mol. The average Bonchev–Trinajstić information content (AvgIpc) is 2.03. The third kappa shape index (κ3) is 3.70. The van der Waals surface area contributed by atoms with Gasteiger partial charge in [-0.25, -0.2) is 0 Å². The molecule has 0 radical (unpaired) electrons. The van der Waals surface area contributed by atoms with Crippen molar-refractivity contribution in [3.8, 4) is 0 Å². The summed E-state index contributed by atoms with van der Waals surface area (Å²) < 4.78 is 5.48. The Hall–Kier alpha value is -0.120. The lowest BCUT2D eigenvalue weighted by Gasteiger charge is -2.24. The second-order valence-electron chi connectivity index (χ2n) is 3.24. The lowest BCUT2D eigenvalue weighted by Crippen LogP contribution is -2.50. The van der Waals surface area contributed by atoms with Gasteiger partial charge < -0.3 is 15.4 Å². The molecular weight excluding hydrogens is 140 g/mol. The van der Waals surface area contributed by atoms with E-state index in [0.717, 1.165) is 26.2 Å². The van der Waals surface area contributed by atoms with E-state index in [0.29, 0.717) is 12.1 Å². The maximum atomic E-state index is 5.48. The zero-order valence-corrected chi connectivity index (χ0v) is 7.39. The molecule has 1 atom stereocenters. The smallest absolute Gasteiger partial charge is 0.0635 e. The van der Waals surface area contributed by atoms with Gasteiger partial charge in [-0.15, -0.1) is 0 Å². The Labute approximate surface area is 68.5 Å². The summed E-state index contributed by atoms with van der Waals surface area (Å²) in [6, 6.07) is 0.506. The highest BCUT2D eigenvalue weighted by atomic mass is 16.5. The van der Waals surface area contributed by atoms with Crippen LogP contribution >= 0.6 is 0 Å². The molecule has 1 aliphatic rings. The molecule has 2 N–H and O–H groups in total. The van der Waals surface area contributed by atoms with Gasteiger partial charge in [-0.1, -0.05) is 0 Å². The second kappa shape index (κ2) is 4.70. The molecule has 0 aromatic heterocycles. The van der Waals surface area contributed by atoms with E-state index in [-0.39, 0.29) is 0 Å². The van der Waals surface area contributed by atoms with Crippen LogP contribution in [0.3, 0.4) is 0 Å². The lowest BCUT2D eigenvalue weighted by molar-refractivity contribution is 0.0584. The maximum Gasteiger partial charge on any atom is 0.0635 e. The molecule has 0 bridgehead atoms. The van der Waals surface area contributed by atoms with Crippen molar-refractivity contribution in [1.29, 1.82) is 0 Å². The minimum atomic E-state index is 0.346. The van der Waals surface area contributed by atoms with Gasteiger partial charge in [-0.2, -0.15) is 0 Å². The first kappa shape index (κ1) is 8.97. The molecular formula is C8H18N2O. The fraction of sp³-hybridized carbons (Fsp3) is 1.00. The van der Waals surface area contributed by atoms with Gasteiger partial charge in [0.1, 0.15) is 0 Å². The number of piperazine rings is 1. The number of nitrogens with one attached hydrogen (secondary N) is 2. The first-order valence-corrected chi connectivity index (χ1v) is 4.34. The van der Waals surface area contributed by atoms with E-state index in [9.17, 15) is 0 Å². The monoisotopic (exact) mass is 158 g/mol. The number of ether oxygens (including phenoxy) is 1. The standard InChI is InChI=1S/C8H18N2O/c1-7(2)11-6-8-5-9-3-4-10-8/h7-10H,3-6H2,1-2H3. The van der Waals surface area contributed by atoms with Gasteiger partial charge in [0.05, 0.1) is 12.7 Å². The summed E-state index contributed by atoms with van der Waals surface area (Å²) in [5.74, 6) is 0. The molecule has 1 unspecified atom stereocenters. The van der Waals surface area contributed by atoms with E-state index in [2.05, 4.69) is 24.5 Å². The van der Waals surface area contributed by atoms with Crippen molar-refractivity contribution in [2.75, 3.05) is 26.2 Å². The molecule has 1 rings (SSSR count). The quantitative estimate of drug-likeness (QED) is 0.605. The summed E-state index contributed by atoms with van der Waals surface area (Å²) in [4.78, 5) is 0. The van der Waals surface area contributed by atoms with E-state index in [1.165, 1.54) is 0 Å². The number of hydrogen-bond donors (Lipinski definition) is 2.